The molecule has 2 aromatic rings. The Labute approximate surface area is 167 Å². The van der Waals surface area contributed by atoms with E-state index in [1.54, 1.807) is 6.33 Å². The van der Waals surface area contributed by atoms with Gasteiger partial charge in [-0.3, -0.25) is 4.79 Å². The highest BCUT2D eigenvalue weighted by molar-refractivity contribution is 5.77. The van der Waals surface area contributed by atoms with Crippen LogP contribution in [-0.2, 0) is 16.8 Å². The monoisotopic (exact) mass is 384 g/mol. The van der Waals surface area contributed by atoms with Crippen molar-refractivity contribution in [2.75, 3.05) is 26.2 Å². The molecule has 1 spiro atoms. The summed E-state index contributed by atoms with van der Waals surface area (Å²) in [6, 6.07) is 4.14. The Bertz CT molecular complexity index is 816. The van der Waals surface area contributed by atoms with Crippen LogP contribution in [0.2, 0.25) is 0 Å². The number of hydrogen-bond acceptors (Lipinski definition) is 4. The number of aromatic amines is 1. The summed E-state index contributed by atoms with van der Waals surface area (Å²) >= 11 is 0. The highest BCUT2D eigenvalue weighted by Gasteiger charge is 2.48. The number of furan rings is 1. The first-order valence-corrected chi connectivity index (χ1v) is 10.7. The van der Waals surface area contributed by atoms with E-state index in [0.717, 1.165) is 69.1 Å². The summed E-state index contributed by atoms with van der Waals surface area (Å²) in [7, 11) is 0. The predicted molar refractivity (Wildman–Crippen MR) is 108 cm³/mol. The van der Waals surface area contributed by atoms with Gasteiger partial charge in [-0.25, -0.2) is 4.98 Å². The van der Waals surface area contributed by atoms with Gasteiger partial charge >= 0.3 is 0 Å². The third kappa shape index (κ3) is 3.39. The molecule has 6 heteroatoms. The molecule has 1 atom stereocenters. The van der Waals surface area contributed by atoms with Crippen LogP contribution in [-0.4, -0.2) is 51.9 Å². The van der Waals surface area contributed by atoms with Crippen molar-refractivity contribution in [1.29, 1.82) is 0 Å². The highest BCUT2D eigenvalue weighted by Crippen LogP contribution is 2.42. The zero-order valence-corrected chi connectivity index (χ0v) is 17.3. The lowest BCUT2D eigenvalue weighted by Gasteiger charge is -2.50. The maximum Gasteiger partial charge on any atom is 0.223 e. The molecule has 4 heterocycles. The molecule has 1 saturated heterocycles. The first-order valence-electron chi connectivity index (χ1n) is 10.7. The van der Waals surface area contributed by atoms with Crippen LogP contribution in [0, 0.1) is 6.92 Å². The van der Waals surface area contributed by atoms with Gasteiger partial charge in [0, 0.05) is 44.1 Å². The minimum atomic E-state index is -0.221. The smallest absolute Gasteiger partial charge is 0.223 e. The molecule has 0 radical (unpaired) electrons. The lowest BCUT2D eigenvalue weighted by molar-refractivity contribution is -0.141. The first-order chi connectivity index (χ1) is 13.5. The van der Waals surface area contributed by atoms with Crippen LogP contribution in [0.15, 0.2) is 22.9 Å². The van der Waals surface area contributed by atoms with Gasteiger partial charge in [0.1, 0.15) is 11.5 Å². The van der Waals surface area contributed by atoms with Crippen molar-refractivity contribution in [3.63, 3.8) is 0 Å². The van der Waals surface area contributed by atoms with Gasteiger partial charge in [-0.2, -0.15) is 0 Å². The van der Waals surface area contributed by atoms with E-state index >= 15 is 0 Å². The molecule has 2 aromatic heterocycles. The molecule has 2 aliphatic heterocycles. The van der Waals surface area contributed by atoms with Gasteiger partial charge in [-0.1, -0.05) is 13.8 Å². The minimum absolute atomic E-state index is 0.221. The number of amides is 1. The van der Waals surface area contributed by atoms with Gasteiger partial charge in [0.15, 0.2) is 0 Å². The summed E-state index contributed by atoms with van der Waals surface area (Å²) in [5, 5.41) is 0. The van der Waals surface area contributed by atoms with Crippen LogP contribution >= 0.6 is 0 Å². The molecule has 28 heavy (non-hydrogen) atoms. The number of carbonyl (C=O) groups excluding carboxylic acids is 1. The Morgan fingerprint density at radius 3 is 2.79 bits per heavy atom. The van der Waals surface area contributed by atoms with E-state index in [9.17, 15) is 4.79 Å². The van der Waals surface area contributed by atoms with Crippen molar-refractivity contribution < 1.29 is 9.21 Å². The summed E-state index contributed by atoms with van der Waals surface area (Å²) < 4.78 is 5.78. The van der Waals surface area contributed by atoms with Crippen molar-refractivity contribution in [2.24, 2.45) is 0 Å². The van der Waals surface area contributed by atoms with Crippen LogP contribution in [0.4, 0.5) is 0 Å². The second-order valence-corrected chi connectivity index (χ2v) is 8.39. The summed E-state index contributed by atoms with van der Waals surface area (Å²) in [6.07, 6.45) is 6.25. The van der Waals surface area contributed by atoms with Crippen molar-refractivity contribution >= 4 is 5.91 Å². The number of likely N-dealkylation sites (tertiary alicyclic amines) is 1. The molecular formula is C22H32N4O2. The Kier molecular flexibility index (Phi) is 5.32. The van der Waals surface area contributed by atoms with Gasteiger partial charge in [0.05, 0.1) is 17.6 Å². The Morgan fingerprint density at radius 1 is 1.32 bits per heavy atom. The molecule has 0 aliphatic carbocycles. The third-order valence-corrected chi connectivity index (χ3v) is 6.67. The second kappa shape index (κ2) is 7.74. The quantitative estimate of drug-likeness (QED) is 0.856. The van der Waals surface area contributed by atoms with Crippen molar-refractivity contribution in [1.82, 2.24) is 19.8 Å². The van der Waals surface area contributed by atoms with E-state index in [4.69, 9.17) is 4.42 Å². The van der Waals surface area contributed by atoms with Crippen LogP contribution in [0.5, 0.6) is 0 Å². The van der Waals surface area contributed by atoms with E-state index in [2.05, 4.69) is 32.8 Å². The largest absolute Gasteiger partial charge is 0.466 e. The maximum atomic E-state index is 12.7. The van der Waals surface area contributed by atoms with Crippen molar-refractivity contribution in [2.45, 2.75) is 64.3 Å². The van der Waals surface area contributed by atoms with Crippen LogP contribution in [0.3, 0.4) is 0 Å². The fraction of sp³-hybridized carbons (Fsp3) is 0.636. The van der Waals surface area contributed by atoms with Gasteiger partial charge in [0.25, 0.3) is 0 Å². The topological polar surface area (TPSA) is 65.4 Å². The summed E-state index contributed by atoms with van der Waals surface area (Å²) in [5.74, 6) is 2.74. The number of carbonyl (C=O) groups is 1. The van der Waals surface area contributed by atoms with Gasteiger partial charge in [-0.15, -0.1) is 0 Å². The molecule has 152 valence electrons. The van der Waals surface area contributed by atoms with Gasteiger partial charge in [0.2, 0.25) is 5.91 Å². The molecule has 6 nitrogen and oxygen atoms in total. The SMILES string of the molecule is CCC(=O)N1CCc2[nH]cnc2C12CCN(CC[C@H](C)c1ccc(C)o1)CC2. The van der Waals surface area contributed by atoms with Crippen LogP contribution < -0.4 is 0 Å². The number of aryl methyl sites for hydroxylation is 1. The van der Waals surface area contributed by atoms with Crippen molar-refractivity contribution in [3.05, 3.63) is 41.4 Å². The number of imidazole rings is 1. The Hall–Kier alpha value is -2.08. The lowest BCUT2D eigenvalue weighted by Crippen LogP contribution is -2.58. The van der Waals surface area contributed by atoms with Gasteiger partial charge < -0.3 is 19.2 Å². The number of piperidine rings is 1. The Morgan fingerprint density at radius 2 is 2.11 bits per heavy atom. The maximum absolute atomic E-state index is 12.7. The number of nitrogens with one attached hydrogen (secondary N) is 1. The third-order valence-electron chi connectivity index (χ3n) is 6.67. The van der Waals surface area contributed by atoms with E-state index in [0.29, 0.717) is 12.3 Å². The zero-order chi connectivity index (χ0) is 19.7. The molecule has 2 aliphatic rings. The standard InChI is InChI=1S/C22H32N4O2/c1-4-20(27)26-12-8-18-21(24-15-23-18)22(26)9-13-25(14-10-22)11-7-16(2)19-6-5-17(3)28-19/h5-6,15-16H,4,7-14H2,1-3H3,(H,23,24)/t16-/m0/s1. The number of H-pyrrole nitrogens is 1. The zero-order valence-electron chi connectivity index (χ0n) is 17.3. The lowest BCUT2D eigenvalue weighted by atomic mass is 9.78. The molecule has 0 unspecified atom stereocenters. The fourth-order valence-corrected chi connectivity index (χ4v) is 4.92. The molecule has 1 N–H and O–H groups in total. The summed E-state index contributed by atoms with van der Waals surface area (Å²) in [6.45, 7) is 10.1. The molecule has 0 bridgehead atoms. The molecular weight excluding hydrogens is 352 g/mol. The van der Waals surface area contributed by atoms with E-state index in [-0.39, 0.29) is 11.4 Å². The molecule has 1 amide bonds. The van der Waals surface area contributed by atoms with Crippen LogP contribution in [0.25, 0.3) is 0 Å². The molecule has 0 saturated carbocycles. The average molecular weight is 385 g/mol. The molecule has 4 rings (SSSR count). The predicted octanol–water partition coefficient (Wildman–Crippen LogP) is 3.59. The molecule has 0 aromatic carbocycles. The van der Waals surface area contributed by atoms with Crippen LogP contribution in [0.1, 0.15) is 68.4 Å². The number of aromatic nitrogens is 2. The summed E-state index contributed by atoms with van der Waals surface area (Å²) in [5.41, 5.74) is 2.11. The highest BCUT2D eigenvalue weighted by atomic mass is 16.3. The van der Waals surface area contributed by atoms with E-state index < -0.39 is 0 Å². The Balaban J connectivity index is 1.42. The van der Waals surface area contributed by atoms with E-state index in [1.807, 2.05) is 19.9 Å². The first kappa shape index (κ1) is 19.2. The normalized spacial score (nSPS) is 20.3. The number of fused-ring (bicyclic) bond motifs is 2. The average Bonchev–Trinajstić information content (AvgIpc) is 3.36. The summed E-state index contributed by atoms with van der Waals surface area (Å²) in [4.78, 5) is 25.3. The number of rotatable bonds is 5. The van der Waals surface area contributed by atoms with Gasteiger partial charge in [-0.05, 0) is 44.9 Å². The van der Waals surface area contributed by atoms with Crippen molar-refractivity contribution in [3.8, 4) is 0 Å². The second-order valence-electron chi connectivity index (χ2n) is 8.39. The number of nitrogens with zero attached hydrogens (tertiary/aromatic N) is 3. The number of hydrogen-bond donors (Lipinski definition) is 1. The molecule has 1 fully saturated rings. The van der Waals surface area contributed by atoms with E-state index in [1.165, 1.54) is 5.69 Å². The minimum Gasteiger partial charge on any atom is -0.466 e. The fourth-order valence-electron chi connectivity index (χ4n) is 4.92.